The molecule has 20 heavy (non-hydrogen) atoms. The van der Waals surface area contributed by atoms with Crippen LogP contribution >= 0.6 is 11.3 Å². The predicted octanol–water partition coefficient (Wildman–Crippen LogP) is 1.68. The molecule has 8 heteroatoms. The second-order valence-electron chi connectivity index (χ2n) is 4.19. The number of carbonyl (C=O) groups is 1. The van der Waals surface area contributed by atoms with Crippen molar-refractivity contribution in [1.82, 2.24) is 25.2 Å². The second-order valence-corrected chi connectivity index (χ2v) is 4.97. The maximum absolute atomic E-state index is 12.1. The summed E-state index contributed by atoms with van der Waals surface area (Å²) in [7, 11) is 0. The summed E-state index contributed by atoms with van der Waals surface area (Å²) in [6, 6.07) is 5.87. The molecule has 0 radical (unpaired) electrons. The molecule has 0 spiro atoms. The third kappa shape index (κ3) is 2.75. The van der Waals surface area contributed by atoms with Crippen LogP contribution in [-0.4, -0.2) is 31.1 Å². The number of thiophene rings is 1. The number of carbonyl (C=O) groups excluding carboxylic acids is 1. The van der Waals surface area contributed by atoms with E-state index < -0.39 is 0 Å². The van der Waals surface area contributed by atoms with E-state index in [0.717, 1.165) is 5.56 Å². The van der Waals surface area contributed by atoms with Crippen molar-refractivity contribution in [2.75, 3.05) is 5.32 Å². The van der Waals surface area contributed by atoms with Crippen molar-refractivity contribution in [2.45, 2.75) is 12.5 Å². The fourth-order valence-corrected chi connectivity index (χ4v) is 2.69. The van der Waals surface area contributed by atoms with Gasteiger partial charge in [-0.2, -0.15) is 16.6 Å². The molecule has 7 nitrogen and oxygen atoms in total. The molecule has 0 aliphatic heterocycles. The molecule has 0 aliphatic carbocycles. The molecule has 3 rings (SSSR count). The summed E-state index contributed by atoms with van der Waals surface area (Å²) in [5.74, 6) is 0.0304. The molecule has 0 bridgehead atoms. The fourth-order valence-electron chi connectivity index (χ4n) is 1.98. The van der Waals surface area contributed by atoms with E-state index in [-0.39, 0.29) is 17.9 Å². The highest BCUT2D eigenvalue weighted by molar-refractivity contribution is 7.07. The quantitative estimate of drug-likeness (QED) is 0.747. The number of anilines is 1. The fraction of sp³-hybridized carbons (Fsp3) is 0.167. The van der Waals surface area contributed by atoms with Gasteiger partial charge < -0.3 is 4.57 Å². The number of aromatic nitrogens is 5. The smallest absolute Gasteiger partial charge is 0.269 e. The minimum Gasteiger partial charge on any atom is -0.346 e. The van der Waals surface area contributed by atoms with Crippen LogP contribution in [0.4, 0.5) is 5.95 Å². The standard InChI is InChI=1S/C12H12N6OS/c19-11(13-12-14-16-17-15-12)7-10(9-3-6-20-8-9)18-4-1-2-5-18/h1-6,8,10H,7H2,(H2,13,14,15,16,17,19)/t10-/m0/s1. The third-order valence-electron chi connectivity index (χ3n) is 2.89. The topological polar surface area (TPSA) is 88.5 Å². The van der Waals surface area contributed by atoms with Crippen LogP contribution in [0.2, 0.25) is 0 Å². The van der Waals surface area contributed by atoms with Crippen LogP contribution in [0.5, 0.6) is 0 Å². The molecule has 0 saturated carbocycles. The van der Waals surface area contributed by atoms with Crippen LogP contribution in [0.1, 0.15) is 18.0 Å². The Labute approximate surface area is 118 Å². The number of nitrogens with one attached hydrogen (secondary N) is 2. The van der Waals surface area contributed by atoms with Gasteiger partial charge in [0.2, 0.25) is 5.91 Å². The van der Waals surface area contributed by atoms with Gasteiger partial charge in [0.1, 0.15) is 0 Å². The van der Waals surface area contributed by atoms with E-state index in [0.29, 0.717) is 6.42 Å². The van der Waals surface area contributed by atoms with Gasteiger partial charge in [0, 0.05) is 12.4 Å². The molecule has 3 aromatic rings. The number of hydrogen-bond acceptors (Lipinski definition) is 5. The first kappa shape index (κ1) is 12.5. The van der Waals surface area contributed by atoms with Gasteiger partial charge >= 0.3 is 0 Å². The molecular weight excluding hydrogens is 276 g/mol. The van der Waals surface area contributed by atoms with Crippen LogP contribution in [0.25, 0.3) is 0 Å². The molecule has 2 N–H and O–H groups in total. The normalized spacial score (nSPS) is 12.2. The van der Waals surface area contributed by atoms with E-state index in [4.69, 9.17) is 0 Å². The zero-order valence-corrected chi connectivity index (χ0v) is 11.2. The van der Waals surface area contributed by atoms with E-state index in [9.17, 15) is 4.79 Å². The van der Waals surface area contributed by atoms with Gasteiger partial charge in [-0.25, -0.2) is 0 Å². The lowest BCUT2D eigenvalue weighted by molar-refractivity contribution is -0.116. The summed E-state index contributed by atoms with van der Waals surface area (Å²) in [6.07, 6.45) is 4.20. The molecule has 3 aromatic heterocycles. The summed E-state index contributed by atoms with van der Waals surface area (Å²) >= 11 is 1.61. The first-order valence-electron chi connectivity index (χ1n) is 6.01. The third-order valence-corrected chi connectivity index (χ3v) is 3.59. The van der Waals surface area contributed by atoms with Gasteiger partial charge in [0.25, 0.3) is 5.95 Å². The van der Waals surface area contributed by atoms with E-state index in [1.807, 2.05) is 45.9 Å². The molecule has 1 atom stereocenters. The van der Waals surface area contributed by atoms with Gasteiger partial charge in [0.15, 0.2) is 0 Å². The lowest BCUT2D eigenvalue weighted by Gasteiger charge is -2.17. The Morgan fingerprint density at radius 2 is 2.30 bits per heavy atom. The maximum atomic E-state index is 12.1. The first-order chi connectivity index (χ1) is 9.83. The lowest BCUT2D eigenvalue weighted by Crippen LogP contribution is -2.19. The van der Waals surface area contributed by atoms with Crippen molar-refractivity contribution in [3.05, 3.63) is 46.9 Å². The molecule has 0 aliphatic rings. The van der Waals surface area contributed by atoms with Crippen molar-refractivity contribution < 1.29 is 4.79 Å². The average Bonchev–Trinajstić information content (AvgIpc) is 3.18. The monoisotopic (exact) mass is 288 g/mol. The SMILES string of the molecule is O=C(C[C@@H](c1ccsc1)n1cccc1)Nc1nn[nH]n1. The molecule has 0 unspecified atom stereocenters. The Hall–Kier alpha value is -2.48. The summed E-state index contributed by atoms with van der Waals surface area (Å²) in [5, 5.41) is 19.8. The van der Waals surface area contributed by atoms with Crippen molar-refractivity contribution in [3.63, 3.8) is 0 Å². The number of H-pyrrole nitrogens is 1. The van der Waals surface area contributed by atoms with Crippen LogP contribution in [0.3, 0.4) is 0 Å². The molecule has 0 saturated heterocycles. The summed E-state index contributed by atoms with van der Waals surface area (Å²) in [6.45, 7) is 0. The Bertz CT molecular complexity index is 612. The van der Waals surface area contributed by atoms with Crippen molar-refractivity contribution in [1.29, 1.82) is 0 Å². The van der Waals surface area contributed by atoms with Gasteiger partial charge in [-0.05, 0) is 39.7 Å². The van der Waals surface area contributed by atoms with Gasteiger partial charge in [-0.15, -0.1) is 5.10 Å². The Kier molecular flexibility index (Phi) is 3.55. The summed E-state index contributed by atoms with van der Waals surface area (Å²) in [4.78, 5) is 12.1. The van der Waals surface area contributed by atoms with Crippen LogP contribution in [0.15, 0.2) is 41.4 Å². The average molecular weight is 288 g/mol. The minimum absolute atomic E-state index is 0.0387. The summed E-state index contributed by atoms with van der Waals surface area (Å²) in [5.41, 5.74) is 1.11. The number of nitrogens with zero attached hydrogens (tertiary/aromatic N) is 4. The predicted molar refractivity (Wildman–Crippen MR) is 74.3 cm³/mol. The van der Waals surface area contributed by atoms with Gasteiger partial charge in [-0.3, -0.25) is 10.1 Å². The van der Waals surface area contributed by atoms with Crippen molar-refractivity contribution in [2.24, 2.45) is 0 Å². The lowest BCUT2D eigenvalue weighted by atomic mass is 10.1. The Balaban J connectivity index is 1.75. The Morgan fingerprint density at radius 3 is 2.95 bits per heavy atom. The molecule has 1 amide bonds. The van der Waals surface area contributed by atoms with E-state index in [1.165, 1.54) is 0 Å². The summed E-state index contributed by atoms with van der Waals surface area (Å²) < 4.78 is 2.01. The molecule has 0 aromatic carbocycles. The molecular formula is C12H12N6OS. The van der Waals surface area contributed by atoms with Crippen LogP contribution in [0, 0.1) is 0 Å². The highest BCUT2D eigenvalue weighted by Crippen LogP contribution is 2.24. The molecule has 3 heterocycles. The number of hydrogen-bond donors (Lipinski definition) is 2. The minimum atomic E-state index is -0.156. The highest BCUT2D eigenvalue weighted by atomic mass is 32.1. The van der Waals surface area contributed by atoms with E-state index >= 15 is 0 Å². The largest absolute Gasteiger partial charge is 0.346 e. The zero-order valence-electron chi connectivity index (χ0n) is 10.4. The molecule has 0 fully saturated rings. The zero-order chi connectivity index (χ0) is 13.8. The van der Waals surface area contributed by atoms with E-state index in [1.54, 1.807) is 11.3 Å². The van der Waals surface area contributed by atoms with Crippen LogP contribution in [-0.2, 0) is 4.79 Å². The van der Waals surface area contributed by atoms with Crippen LogP contribution < -0.4 is 5.32 Å². The number of aromatic amines is 1. The van der Waals surface area contributed by atoms with Crippen molar-refractivity contribution in [3.8, 4) is 0 Å². The number of tetrazole rings is 1. The van der Waals surface area contributed by atoms with Gasteiger partial charge in [0.05, 0.1) is 12.5 Å². The molecule has 102 valence electrons. The first-order valence-corrected chi connectivity index (χ1v) is 6.95. The van der Waals surface area contributed by atoms with E-state index in [2.05, 4.69) is 25.9 Å². The maximum Gasteiger partial charge on any atom is 0.269 e. The second kappa shape index (κ2) is 5.66. The number of amides is 1. The number of rotatable bonds is 5. The highest BCUT2D eigenvalue weighted by Gasteiger charge is 2.18. The van der Waals surface area contributed by atoms with Gasteiger partial charge in [-0.1, -0.05) is 5.10 Å². The van der Waals surface area contributed by atoms with Crippen molar-refractivity contribution >= 4 is 23.2 Å². The Morgan fingerprint density at radius 1 is 1.45 bits per heavy atom.